The molecular weight excluding hydrogens is 308 g/mol. The van der Waals surface area contributed by atoms with Gasteiger partial charge in [0.15, 0.2) is 4.34 Å². The highest BCUT2D eigenvalue weighted by Crippen LogP contribution is 2.21. The second kappa shape index (κ2) is 8.34. The van der Waals surface area contributed by atoms with Crippen molar-refractivity contribution in [3.63, 3.8) is 0 Å². The highest BCUT2D eigenvalue weighted by Gasteiger charge is 2.05. The smallest absolute Gasteiger partial charge is 0.230 e. The summed E-state index contributed by atoms with van der Waals surface area (Å²) in [6, 6.07) is 10.2. The summed E-state index contributed by atoms with van der Waals surface area (Å²) < 4.78 is 0.955. The topological polar surface area (TPSA) is 42.0 Å². The average molecular weight is 324 g/mol. The fourth-order valence-electron chi connectivity index (χ4n) is 1.45. The Hall–Kier alpha value is -0.980. The van der Waals surface area contributed by atoms with Crippen molar-refractivity contribution >= 4 is 40.8 Å². The lowest BCUT2D eigenvalue weighted by Crippen LogP contribution is -2.27. The van der Waals surface area contributed by atoms with Gasteiger partial charge >= 0.3 is 0 Å². The van der Waals surface area contributed by atoms with Crippen molar-refractivity contribution in [3.05, 3.63) is 41.4 Å². The van der Waals surface area contributed by atoms with Gasteiger partial charge < -0.3 is 5.32 Å². The van der Waals surface area contributed by atoms with Crippen molar-refractivity contribution in [1.29, 1.82) is 0 Å². The van der Waals surface area contributed by atoms with E-state index in [0.29, 0.717) is 12.3 Å². The molecule has 0 unspecified atom stereocenters. The SMILES string of the molecule is Cc1csc(SCC(=O)NCCSc2ccccc2)n1. The van der Waals surface area contributed by atoms with Crippen LogP contribution in [-0.4, -0.2) is 28.9 Å². The maximum Gasteiger partial charge on any atom is 0.230 e. The van der Waals surface area contributed by atoms with Crippen molar-refractivity contribution in [1.82, 2.24) is 10.3 Å². The lowest BCUT2D eigenvalue weighted by Gasteiger charge is -2.04. The Kier molecular flexibility index (Phi) is 6.42. The minimum absolute atomic E-state index is 0.0662. The minimum atomic E-state index is 0.0662. The van der Waals surface area contributed by atoms with Crippen LogP contribution in [0.15, 0.2) is 44.9 Å². The summed E-state index contributed by atoms with van der Waals surface area (Å²) in [5, 5.41) is 4.92. The van der Waals surface area contributed by atoms with Gasteiger partial charge in [0.05, 0.1) is 5.75 Å². The molecule has 0 bridgehead atoms. The Morgan fingerprint density at radius 3 is 2.80 bits per heavy atom. The zero-order valence-corrected chi connectivity index (χ0v) is 13.6. The highest BCUT2D eigenvalue weighted by atomic mass is 32.2. The van der Waals surface area contributed by atoms with Crippen LogP contribution in [0.25, 0.3) is 0 Å². The van der Waals surface area contributed by atoms with Gasteiger partial charge in [0, 0.05) is 28.3 Å². The van der Waals surface area contributed by atoms with Gasteiger partial charge in [-0.25, -0.2) is 4.98 Å². The van der Waals surface area contributed by atoms with Gasteiger partial charge in [-0.15, -0.1) is 23.1 Å². The van der Waals surface area contributed by atoms with Gasteiger partial charge in [0.1, 0.15) is 0 Å². The van der Waals surface area contributed by atoms with Gasteiger partial charge in [0.25, 0.3) is 0 Å². The fourth-order valence-corrected chi connectivity index (χ4v) is 3.92. The fraction of sp³-hybridized carbons (Fsp3) is 0.286. The molecule has 0 aliphatic carbocycles. The zero-order chi connectivity index (χ0) is 14.2. The zero-order valence-electron chi connectivity index (χ0n) is 11.2. The molecule has 20 heavy (non-hydrogen) atoms. The lowest BCUT2D eigenvalue weighted by atomic mass is 10.4. The van der Waals surface area contributed by atoms with Crippen molar-refractivity contribution in [2.45, 2.75) is 16.2 Å². The van der Waals surface area contributed by atoms with E-state index in [1.54, 1.807) is 23.1 Å². The standard InChI is InChI=1S/C14H16N2OS3/c1-11-9-19-14(16-11)20-10-13(17)15-7-8-18-12-5-3-2-4-6-12/h2-6,9H,7-8,10H2,1H3,(H,15,17). The van der Waals surface area contributed by atoms with Crippen LogP contribution in [0.3, 0.4) is 0 Å². The van der Waals surface area contributed by atoms with E-state index in [0.717, 1.165) is 15.8 Å². The maximum absolute atomic E-state index is 11.7. The molecule has 1 aromatic carbocycles. The van der Waals surface area contributed by atoms with E-state index in [4.69, 9.17) is 0 Å². The van der Waals surface area contributed by atoms with Gasteiger partial charge in [0.2, 0.25) is 5.91 Å². The summed E-state index contributed by atoms with van der Waals surface area (Å²) >= 11 is 4.83. The van der Waals surface area contributed by atoms with Crippen LogP contribution in [0.5, 0.6) is 0 Å². The monoisotopic (exact) mass is 324 g/mol. The largest absolute Gasteiger partial charge is 0.355 e. The van der Waals surface area contributed by atoms with Crippen molar-refractivity contribution in [2.24, 2.45) is 0 Å². The number of hydrogen-bond donors (Lipinski definition) is 1. The lowest BCUT2D eigenvalue weighted by molar-refractivity contribution is -0.118. The van der Waals surface area contributed by atoms with E-state index in [-0.39, 0.29) is 5.91 Å². The number of hydrogen-bond acceptors (Lipinski definition) is 5. The molecule has 0 spiro atoms. The third kappa shape index (κ3) is 5.56. The number of aryl methyl sites for hydroxylation is 1. The molecule has 106 valence electrons. The Morgan fingerprint density at radius 1 is 1.30 bits per heavy atom. The Bertz CT molecular complexity index is 542. The molecule has 1 heterocycles. The van der Waals surface area contributed by atoms with Crippen LogP contribution >= 0.6 is 34.9 Å². The number of benzene rings is 1. The number of rotatable bonds is 7. The average Bonchev–Trinajstić information content (AvgIpc) is 2.88. The molecule has 0 aliphatic heterocycles. The summed E-state index contributed by atoms with van der Waals surface area (Å²) in [7, 11) is 0. The summed E-state index contributed by atoms with van der Waals surface area (Å²) in [6.07, 6.45) is 0. The predicted molar refractivity (Wildman–Crippen MR) is 87.8 cm³/mol. The molecule has 2 aromatic rings. The first-order chi connectivity index (χ1) is 9.74. The van der Waals surface area contributed by atoms with Gasteiger partial charge in [-0.3, -0.25) is 4.79 Å². The summed E-state index contributed by atoms with van der Waals surface area (Å²) in [5.41, 5.74) is 1.01. The van der Waals surface area contributed by atoms with Gasteiger partial charge in [-0.05, 0) is 19.1 Å². The third-order valence-electron chi connectivity index (χ3n) is 2.36. The van der Waals surface area contributed by atoms with Crippen LogP contribution in [0.1, 0.15) is 5.69 Å². The van der Waals surface area contributed by atoms with Crippen molar-refractivity contribution < 1.29 is 4.79 Å². The predicted octanol–water partition coefficient (Wildman–Crippen LogP) is 3.45. The molecule has 0 atom stereocenters. The molecular formula is C14H16N2OS3. The molecule has 0 fully saturated rings. The third-order valence-corrected chi connectivity index (χ3v) is 5.51. The van der Waals surface area contributed by atoms with Gasteiger partial charge in [-0.1, -0.05) is 30.0 Å². The van der Waals surface area contributed by atoms with Crippen molar-refractivity contribution in [3.8, 4) is 0 Å². The molecule has 6 heteroatoms. The normalized spacial score (nSPS) is 10.4. The van der Waals surface area contributed by atoms with E-state index in [9.17, 15) is 4.79 Å². The van der Waals surface area contributed by atoms with Crippen LogP contribution in [0.2, 0.25) is 0 Å². The molecule has 0 radical (unpaired) electrons. The molecule has 3 nitrogen and oxygen atoms in total. The molecule has 2 rings (SSSR count). The van der Waals surface area contributed by atoms with Crippen LogP contribution in [0.4, 0.5) is 0 Å². The number of nitrogens with zero attached hydrogens (tertiary/aromatic N) is 1. The number of nitrogens with one attached hydrogen (secondary N) is 1. The second-order valence-electron chi connectivity index (χ2n) is 4.05. The number of carbonyl (C=O) groups excluding carboxylic acids is 1. The highest BCUT2D eigenvalue weighted by molar-refractivity contribution is 8.01. The number of thioether (sulfide) groups is 2. The van der Waals surface area contributed by atoms with Crippen molar-refractivity contribution in [2.75, 3.05) is 18.1 Å². The summed E-state index contributed by atoms with van der Waals surface area (Å²) in [4.78, 5) is 17.2. The number of amides is 1. The second-order valence-corrected chi connectivity index (χ2v) is 7.30. The minimum Gasteiger partial charge on any atom is -0.355 e. The molecule has 0 aliphatic rings. The summed E-state index contributed by atoms with van der Waals surface area (Å²) in [5.74, 6) is 1.39. The quantitative estimate of drug-likeness (QED) is 0.626. The molecule has 1 aromatic heterocycles. The van der Waals surface area contributed by atoms with E-state index in [2.05, 4.69) is 22.4 Å². The Labute approximate surface area is 131 Å². The Balaban J connectivity index is 1.58. The number of aromatic nitrogens is 1. The van der Waals surface area contributed by atoms with E-state index in [1.807, 2.05) is 30.5 Å². The van der Waals surface area contributed by atoms with E-state index < -0.39 is 0 Å². The van der Waals surface area contributed by atoms with E-state index in [1.165, 1.54) is 16.7 Å². The number of thiazole rings is 1. The van der Waals surface area contributed by atoms with Gasteiger partial charge in [-0.2, -0.15) is 0 Å². The van der Waals surface area contributed by atoms with Crippen LogP contribution in [0, 0.1) is 6.92 Å². The summed E-state index contributed by atoms with van der Waals surface area (Å²) in [6.45, 7) is 2.65. The first kappa shape index (κ1) is 15.4. The Morgan fingerprint density at radius 2 is 2.10 bits per heavy atom. The molecule has 0 saturated carbocycles. The van der Waals surface area contributed by atoms with Crippen LogP contribution < -0.4 is 5.32 Å². The molecule has 1 N–H and O–H groups in total. The molecule has 1 amide bonds. The maximum atomic E-state index is 11.7. The van der Waals surface area contributed by atoms with Crippen LogP contribution in [-0.2, 0) is 4.79 Å². The number of carbonyl (C=O) groups is 1. The first-order valence-corrected chi connectivity index (χ1v) is 9.08. The van der Waals surface area contributed by atoms with E-state index >= 15 is 0 Å². The molecule has 0 saturated heterocycles. The first-order valence-electron chi connectivity index (χ1n) is 6.23.